The number of ether oxygens (including phenoxy) is 1. The van der Waals surface area contributed by atoms with Gasteiger partial charge >= 0.3 is 0 Å². The van der Waals surface area contributed by atoms with Gasteiger partial charge in [0.1, 0.15) is 10.7 Å². The monoisotopic (exact) mass is 273 g/mol. The topological polar surface area (TPSA) is 61.0 Å². The molecule has 98 valence electrons. The summed E-state index contributed by atoms with van der Waals surface area (Å²) in [5.74, 6) is 1.07. The lowest BCUT2D eigenvalue weighted by atomic mass is 10.1. The molecular weight excluding hydrogens is 258 g/mol. The molecule has 1 aromatic carbocycles. The Kier molecular flexibility index (Phi) is 3.76. The van der Waals surface area contributed by atoms with Crippen LogP contribution < -0.4 is 10.5 Å². The summed E-state index contributed by atoms with van der Waals surface area (Å²) in [6, 6.07) is 7.68. The van der Waals surface area contributed by atoms with Crippen LogP contribution in [0.3, 0.4) is 0 Å². The van der Waals surface area contributed by atoms with Crippen molar-refractivity contribution in [3.05, 3.63) is 46.6 Å². The number of nitrogens with zero attached hydrogens (tertiary/aromatic N) is 2. The zero-order valence-electron chi connectivity index (χ0n) is 11.1. The van der Waals surface area contributed by atoms with Gasteiger partial charge in [-0.05, 0) is 38.0 Å². The molecule has 4 nitrogen and oxygen atoms in total. The summed E-state index contributed by atoms with van der Waals surface area (Å²) in [7, 11) is 0. The number of rotatable bonds is 3. The minimum atomic E-state index is 0.263. The summed E-state index contributed by atoms with van der Waals surface area (Å²) in [6.07, 6.45) is 0. The van der Waals surface area contributed by atoms with Gasteiger partial charge < -0.3 is 10.5 Å². The summed E-state index contributed by atoms with van der Waals surface area (Å²) in [4.78, 5) is 0.263. The van der Waals surface area contributed by atoms with Crippen molar-refractivity contribution in [1.82, 2.24) is 10.2 Å². The first-order valence-corrected chi connectivity index (χ1v) is 6.28. The van der Waals surface area contributed by atoms with E-state index in [1.807, 2.05) is 45.0 Å². The van der Waals surface area contributed by atoms with Gasteiger partial charge in [-0.15, -0.1) is 5.10 Å². The summed E-state index contributed by atoms with van der Waals surface area (Å²) in [5, 5.41) is 8.11. The Morgan fingerprint density at radius 3 is 2.47 bits per heavy atom. The highest BCUT2D eigenvalue weighted by Gasteiger charge is 2.16. The van der Waals surface area contributed by atoms with Crippen LogP contribution in [0.15, 0.2) is 24.3 Å². The molecule has 0 saturated carbocycles. The second-order valence-electron chi connectivity index (χ2n) is 4.32. The quantitative estimate of drug-likeness (QED) is 0.871. The molecule has 0 spiro atoms. The first kappa shape index (κ1) is 13.4. The third-order valence-corrected chi connectivity index (χ3v) is 3.17. The number of hydrogen-bond acceptors (Lipinski definition) is 4. The van der Waals surface area contributed by atoms with Crippen molar-refractivity contribution in [3.63, 3.8) is 0 Å². The van der Waals surface area contributed by atoms with Crippen molar-refractivity contribution in [3.8, 4) is 11.6 Å². The summed E-state index contributed by atoms with van der Waals surface area (Å²) < 4.78 is 5.80. The third-order valence-electron chi connectivity index (χ3n) is 2.97. The third kappa shape index (κ3) is 2.71. The average molecular weight is 273 g/mol. The Bertz CT molecular complexity index is 641. The molecule has 1 heterocycles. The number of hydrogen-bond donors (Lipinski definition) is 1. The van der Waals surface area contributed by atoms with Crippen molar-refractivity contribution in [2.24, 2.45) is 5.73 Å². The van der Waals surface area contributed by atoms with Gasteiger partial charge in [0.05, 0.1) is 11.3 Å². The van der Waals surface area contributed by atoms with E-state index in [9.17, 15) is 0 Å². The molecule has 0 radical (unpaired) electrons. The SMILES string of the molecule is Cc1ccccc1Oc1nnc(C)c(C)c1C(N)=S. The normalized spacial score (nSPS) is 10.3. The maximum absolute atomic E-state index is 5.80. The lowest BCUT2D eigenvalue weighted by molar-refractivity contribution is 0.449. The number of thiocarbonyl (C=S) groups is 1. The fraction of sp³-hybridized carbons (Fsp3) is 0.214. The number of benzene rings is 1. The van der Waals surface area contributed by atoms with Gasteiger partial charge in [-0.3, -0.25) is 0 Å². The molecule has 2 rings (SSSR count). The van der Waals surface area contributed by atoms with E-state index in [0.717, 1.165) is 22.6 Å². The van der Waals surface area contributed by atoms with E-state index < -0.39 is 0 Å². The Labute approximate surface area is 117 Å². The molecule has 0 saturated heterocycles. The van der Waals surface area contributed by atoms with Gasteiger partial charge in [-0.25, -0.2) is 0 Å². The fourth-order valence-electron chi connectivity index (χ4n) is 1.72. The number of aromatic nitrogens is 2. The minimum Gasteiger partial charge on any atom is -0.437 e. The molecule has 1 aromatic heterocycles. The second kappa shape index (κ2) is 5.32. The maximum Gasteiger partial charge on any atom is 0.249 e. The van der Waals surface area contributed by atoms with E-state index in [2.05, 4.69) is 10.2 Å². The molecule has 2 aromatic rings. The van der Waals surface area contributed by atoms with Crippen LogP contribution in [0, 0.1) is 20.8 Å². The second-order valence-corrected chi connectivity index (χ2v) is 4.76. The molecule has 0 unspecified atom stereocenters. The lowest BCUT2D eigenvalue weighted by Gasteiger charge is -2.13. The smallest absolute Gasteiger partial charge is 0.249 e. The molecular formula is C14H15N3OS. The van der Waals surface area contributed by atoms with Crippen LogP contribution in [0.25, 0.3) is 0 Å². The molecule has 0 fully saturated rings. The fourth-order valence-corrected chi connectivity index (χ4v) is 1.96. The van der Waals surface area contributed by atoms with Gasteiger partial charge in [-0.2, -0.15) is 5.10 Å². The van der Waals surface area contributed by atoms with E-state index >= 15 is 0 Å². The number of para-hydroxylation sites is 1. The predicted molar refractivity (Wildman–Crippen MR) is 78.6 cm³/mol. The van der Waals surface area contributed by atoms with Crippen LogP contribution in [0.5, 0.6) is 11.6 Å². The van der Waals surface area contributed by atoms with E-state index in [1.54, 1.807) is 0 Å². The first-order chi connectivity index (χ1) is 9.00. The van der Waals surface area contributed by atoms with E-state index in [4.69, 9.17) is 22.7 Å². The molecule has 0 bridgehead atoms. The molecule has 0 aliphatic heterocycles. The van der Waals surface area contributed by atoms with Gasteiger partial charge in [0.25, 0.3) is 0 Å². The maximum atomic E-state index is 5.80. The zero-order chi connectivity index (χ0) is 14.0. The van der Waals surface area contributed by atoms with E-state index in [-0.39, 0.29) is 4.99 Å². The van der Waals surface area contributed by atoms with Crippen molar-refractivity contribution in [2.75, 3.05) is 0 Å². The Morgan fingerprint density at radius 1 is 1.16 bits per heavy atom. The molecule has 0 aliphatic rings. The van der Waals surface area contributed by atoms with Crippen LogP contribution in [-0.2, 0) is 0 Å². The standard InChI is InChI=1S/C14H15N3OS/c1-8-6-4-5-7-11(8)18-14-12(13(15)19)9(2)10(3)16-17-14/h4-7H,1-3H3,(H2,15,19). The Hall–Kier alpha value is -2.01. The van der Waals surface area contributed by atoms with Gasteiger partial charge in [-0.1, -0.05) is 30.4 Å². The van der Waals surface area contributed by atoms with Crippen LogP contribution in [0.1, 0.15) is 22.4 Å². The van der Waals surface area contributed by atoms with Gasteiger partial charge in [0.2, 0.25) is 5.88 Å². The highest BCUT2D eigenvalue weighted by atomic mass is 32.1. The number of aryl methyl sites for hydroxylation is 2. The van der Waals surface area contributed by atoms with E-state index in [0.29, 0.717) is 11.4 Å². The predicted octanol–water partition coefficient (Wildman–Crippen LogP) is 2.83. The Balaban J connectivity index is 2.49. The molecule has 19 heavy (non-hydrogen) atoms. The van der Waals surface area contributed by atoms with Crippen LogP contribution >= 0.6 is 12.2 Å². The minimum absolute atomic E-state index is 0.263. The van der Waals surface area contributed by atoms with Crippen molar-refractivity contribution in [2.45, 2.75) is 20.8 Å². The van der Waals surface area contributed by atoms with Gasteiger partial charge in [0, 0.05) is 0 Å². The highest BCUT2D eigenvalue weighted by molar-refractivity contribution is 7.80. The highest BCUT2D eigenvalue weighted by Crippen LogP contribution is 2.27. The molecule has 0 aliphatic carbocycles. The molecule has 5 heteroatoms. The Morgan fingerprint density at radius 2 is 1.84 bits per heavy atom. The van der Waals surface area contributed by atoms with Gasteiger partial charge in [0.15, 0.2) is 0 Å². The zero-order valence-corrected chi connectivity index (χ0v) is 11.9. The summed E-state index contributed by atoms with van der Waals surface area (Å²) >= 11 is 5.08. The van der Waals surface area contributed by atoms with Crippen molar-refractivity contribution >= 4 is 17.2 Å². The van der Waals surface area contributed by atoms with Crippen LogP contribution in [-0.4, -0.2) is 15.2 Å². The molecule has 0 amide bonds. The largest absolute Gasteiger partial charge is 0.437 e. The average Bonchev–Trinajstić information content (AvgIpc) is 2.36. The van der Waals surface area contributed by atoms with Crippen LogP contribution in [0.4, 0.5) is 0 Å². The van der Waals surface area contributed by atoms with Crippen molar-refractivity contribution in [1.29, 1.82) is 0 Å². The lowest BCUT2D eigenvalue weighted by Crippen LogP contribution is -2.15. The van der Waals surface area contributed by atoms with Crippen LogP contribution in [0.2, 0.25) is 0 Å². The number of nitrogens with two attached hydrogens (primary N) is 1. The first-order valence-electron chi connectivity index (χ1n) is 5.88. The summed E-state index contributed by atoms with van der Waals surface area (Å²) in [5.41, 5.74) is 9.10. The molecule has 0 atom stereocenters. The van der Waals surface area contributed by atoms with Crippen molar-refractivity contribution < 1.29 is 4.74 Å². The van der Waals surface area contributed by atoms with E-state index in [1.165, 1.54) is 0 Å². The summed E-state index contributed by atoms with van der Waals surface area (Å²) in [6.45, 7) is 5.73. The molecule has 2 N–H and O–H groups in total.